The fraction of sp³-hybridized carbons (Fsp3) is 0.0303. The second-order valence-electron chi connectivity index (χ2n) is 9.01. The van der Waals surface area contributed by atoms with Crippen molar-refractivity contribution in [2.24, 2.45) is 0 Å². The van der Waals surface area contributed by atoms with Crippen molar-refractivity contribution in [2.75, 3.05) is 0 Å². The number of hydrogen-bond donors (Lipinski definition) is 0. The summed E-state index contributed by atoms with van der Waals surface area (Å²) >= 11 is 0. The van der Waals surface area contributed by atoms with E-state index in [4.69, 9.17) is 0 Å². The summed E-state index contributed by atoms with van der Waals surface area (Å²) in [6.07, 6.45) is 3.23. The Balaban J connectivity index is 1.74. The van der Waals surface area contributed by atoms with Gasteiger partial charge in [-0.2, -0.15) is 21.0 Å². The predicted octanol–water partition coefficient (Wildman–Crippen LogP) is 6.89. The summed E-state index contributed by atoms with van der Waals surface area (Å²) in [6.45, 7) is 0. The number of rotatable bonds is 2. The van der Waals surface area contributed by atoms with Crippen LogP contribution in [0.2, 0.25) is 0 Å². The smallest absolute Gasteiger partial charge is 0.130 e. The Bertz CT molecular complexity index is 1710. The fourth-order valence-corrected chi connectivity index (χ4v) is 5.87. The average Bonchev–Trinajstić information content (AvgIpc) is 3.41. The summed E-state index contributed by atoms with van der Waals surface area (Å²) < 4.78 is 0. The lowest BCUT2D eigenvalue weighted by Crippen LogP contribution is -2.26. The summed E-state index contributed by atoms with van der Waals surface area (Å²) in [5.74, 6) is 0. The fourth-order valence-electron chi connectivity index (χ4n) is 5.87. The van der Waals surface area contributed by atoms with Crippen LogP contribution in [0.3, 0.4) is 0 Å². The molecule has 2 aliphatic rings. The first kappa shape index (κ1) is 21.8. The van der Waals surface area contributed by atoms with Gasteiger partial charge in [-0.3, -0.25) is 0 Å². The molecule has 1 spiro atoms. The summed E-state index contributed by atoms with van der Waals surface area (Å²) in [5.41, 5.74) is 9.95. The van der Waals surface area contributed by atoms with Crippen LogP contribution in [0.1, 0.15) is 33.4 Å². The standard InChI is InChI=1S/C33H16N4/c34-17-23(18-35)13-21-9-11-27-28-12-10-22(14-24(19-36)20-37)16-32(28)33(31(27)15-21)29-7-3-1-5-25(29)26-6-2-4-8-30(26)33/h1-16H. The monoisotopic (exact) mass is 468 g/mol. The van der Waals surface area contributed by atoms with Crippen LogP contribution in [0.15, 0.2) is 96.1 Å². The highest BCUT2D eigenvalue weighted by molar-refractivity contribution is 5.95. The van der Waals surface area contributed by atoms with E-state index >= 15 is 0 Å². The molecule has 4 heteroatoms. The highest BCUT2D eigenvalue weighted by Crippen LogP contribution is 2.62. The molecule has 0 atom stereocenters. The summed E-state index contributed by atoms with van der Waals surface area (Å²) in [4.78, 5) is 0. The molecule has 0 aromatic heterocycles. The molecule has 0 heterocycles. The van der Waals surface area contributed by atoms with E-state index in [0.717, 1.165) is 55.6 Å². The predicted molar refractivity (Wildman–Crippen MR) is 141 cm³/mol. The molecule has 0 saturated heterocycles. The number of hydrogen-bond acceptors (Lipinski definition) is 4. The molecule has 168 valence electrons. The molecule has 0 N–H and O–H groups in total. The van der Waals surface area contributed by atoms with Gasteiger partial charge in [0.1, 0.15) is 35.4 Å². The van der Waals surface area contributed by atoms with Gasteiger partial charge in [0.05, 0.1) is 5.41 Å². The Morgan fingerprint density at radius 2 is 0.865 bits per heavy atom. The van der Waals surface area contributed by atoms with Crippen LogP contribution in [0.5, 0.6) is 0 Å². The Labute approximate surface area is 214 Å². The van der Waals surface area contributed by atoms with Gasteiger partial charge in [0.2, 0.25) is 0 Å². The number of nitriles is 4. The maximum atomic E-state index is 9.34. The summed E-state index contributed by atoms with van der Waals surface area (Å²) in [6, 6.07) is 36.7. The van der Waals surface area contributed by atoms with Crippen molar-refractivity contribution in [1.82, 2.24) is 0 Å². The van der Waals surface area contributed by atoms with Crippen molar-refractivity contribution in [1.29, 1.82) is 21.0 Å². The van der Waals surface area contributed by atoms with Gasteiger partial charge in [-0.15, -0.1) is 0 Å². The first-order valence-corrected chi connectivity index (χ1v) is 11.7. The van der Waals surface area contributed by atoms with Crippen LogP contribution in [0.25, 0.3) is 34.4 Å². The Kier molecular flexibility index (Phi) is 4.85. The normalized spacial score (nSPS) is 12.4. The molecule has 37 heavy (non-hydrogen) atoms. The maximum Gasteiger partial charge on any atom is 0.130 e. The lowest BCUT2D eigenvalue weighted by atomic mass is 9.70. The highest BCUT2D eigenvalue weighted by Gasteiger charge is 2.51. The molecule has 0 fully saturated rings. The highest BCUT2D eigenvalue weighted by atomic mass is 14.5. The quantitative estimate of drug-likeness (QED) is 0.259. The molecule has 2 aliphatic carbocycles. The van der Waals surface area contributed by atoms with Crippen LogP contribution < -0.4 is 0 Å². The number of nitrogens with zero attached hydrogens (tertiary/aromatic N) is 4. The first-order chi connectivity index (χ1) is 18.1. The Morgan fingerprint density at radius 3 is 1.27 bits per heavy atom. The number of fused-ring (bicyclic) bond motifs is 10. The molecular weight excluding hydrogens is 452 g/mol. The zero-order chi connectivity index (χ0) is 25.6. The third-order valence-corrected chi connectivity index (χ3v) is 7.24. The van der Waals surface area contributed by atoms with Gasteiger partial charge in [-0.25, -0.2) is 0 Å². The molecular formula is C33H16N4. The molecule has 0 amide bonds. The Hall–Kier alpha value is -5.68. The third-order valence-electron chi connectivity index (χ3n) is 7.24. The molecule has 4 aromatic rings. The number of benzene rings is 4. The second-order valence-corrected chi connectivity index (χ2v) is 9.01. The van der Waals surface area contributed by atoms with Crippen LogP contribution in [0.4, 0.5) is 0 Å². The number of allylic oxidation sites excluding steroid dienone is 2. The second kappa shape index (κ2) is 8.22. The minimum Gasteiger partial charge on any atom is -0.192 e. The molecule has 0 bridgehead atoms. The molecule has 4 nitrogen and oxygen atoms in total. The van der Waals surface area contributed by atoms with Gasteiger partial charge in [0, 0.05) is 0 Å². The van der Waals surface area contributed by atoms with Gasteiger partial charge in [0.25, 0.3) is 0 Å². The zero-order valence-corrected chi connectivity index (χ0v) is 19.5. The van der Waals surface area contributed by atoms with Crippen LogP contribution >= 0.6 is 0 Å². The largest absolute Gasteiger partial charge is 0.192 e. The van der Waals surface area contributed by atoms with Gasteiger partial charge in [-0.05, 0) is 79.9 Å². The maximum absolute atomic E-state index is 9.34. The van der Waals surface area contributed by atoms with E-state index in [1.165, 1.54) is 0 Å². The molecule has 6 rings (SSSR count). The average molecular weight is 469 g/mol. The first-order valence-electron chi connectivity index (χ1n) is 11.7. The van der Waals surface area contributed by atoms with Crippen molar-refractivity contribution in [3.8, 4) is 46.5 Å². The lowest BCUT2D eigenvalue weighted by Gasteiger charge is -2.30. The lowest BCUT2D eigenvalue weighted by molar-refractivity contribution is 0.793. The van der Waals surface area contributed by atoms with Gasteiger partial charge < -0.3 is 0 Å². The van der Waals surface area contributed by atoms with E-state index < -0.39 is 5.41 Å². The van der Waals surface area contributed by atoms with E-state index in [2.05, 4.69) is 48.5 Å². The van der Waals surface area contributed by atoms with Gasteiger partial charge in [0.15, 0.2) is 0 Å². The van der Waals surface area contributed by atoms with Crippen molar-refractivity contribution < 1.29 is 0 Å². The topological polar surface area (TPSA) is 95.2 Å². The van der Waals surface area contributed by atoms with E-state index in [0.29, 0.717) is 0 Å². The van der Waals surface area contributed by atoms with Crippen LogP contribution in [-0.2, 0) is 5.41 Å². The molecule has 4 aromatic carbocycles. The molecule has 0 saturated carbocycles. The van der Waals surface area contributed by atoms with Gasteiger partial charge >= 0.3 is 0 Å². The minimum atomic E-state index is -0.621. The van der Waals surface area contributed by atoms with Crippen LogP contribution in [-0.4, -0.2) is 0 Å². The Morgan fingerprint density at radius 1 is 0.486 bits per heavy atom. The summed E-state index contributed by atoms with van der Waals surface area (Å²) in [7, 11) is 0. The van der Waals surface area contributed by atoms with Crippen LogP contribution in [0, 0.1) is 45.3 Å². The zero-order valence-electron chi connectivity index (χ0n) is 19.5. The van der Waals surface area contributed by atoms with E-state index in [1.807, 2.05) is 60.7 Å². The van der Waals surface area contributed by atoms with Crippen molar-refractivity contribution in [3.05, 3.63) is 129 Å². The SMILES string of the molecule is N#CC(C#N)=Cc1ccc2c(c1)C1(c3ccccc3-c3ccccc31)c1cc(C=C(C#N)C#N)ccc1-2. The summed E-state index contributed by atoms with van der Waals surface area (Å²) in [5, 5.41) is 37.4. The van der Waals surface area contributed by atoms with Gasteiger partial charge in [-0.1, -0.05) is 72.8 Å². The van der Waals surface area contributed by atoms with Crippen molar-refractivity contribution in [2.45, 2.75) is 5.41 Å². The van der Waals surface area contributed by atoms with E-state index in [9.17, 15) is 21.0 Å². The van der Waals surface area contributed by atoms with E-state index in [-0.39, 0.29) is 11.1 Å². The van der Waals surface area contributed by atoms with Crippen molar-refractivity contribution in [3.63, 3.8) is 0 Å². The molecule has 0 aliphatic heterocycles. The van der Waals surface area contributed by atoms with Crippen molar-refractivity contribution >= 4 is 12.2 Å². The molecule has 0 unspecified atom stereocenters. The van der Waals surface area contributed by atoms with E-state index in [1.54, 1.807) is 12.2 Å². The third kappa shape index (κ3) is 2.98. The molecule has 0 radical (unpaired) electrons. The minimum absolute atomic E-state index is 0.0460.